The molecule has 0 spiro atoms. The molecular weight excluding hydrogens is 483 g/mol. The Morgan fingerprint density at radius 2 is 1.10 bits per heavy atom. The molecule has 0 bridgehead atoms. The molecule has 0 aliphatic carbocycles. The van der Waals surface area contributed by atoms with Gasteiger partial charge in [-0.15, -0.1) is 0 Å². The van der Waals surface area contributed by atoms with Crippen LogP contribution in [0.25, 0.3) is 22.3 Å². The van der Waals surface area contributed by atoms with Crippen LogP contribution in [-0.4, -0.2) is 25.9 Å². The molecule has 0 saturated heterocycles. The van der Waals surface area contributed by atoms with Crippen LogP contribution >= 0.6 is 34.8 Å². The highest BCUT2D eigenvalue weighted by molar-refractivity contribution is 7.86. The van der Waals surface area contributed by atoms with Gasteiger partial charge in [-0.1, -0.05) is 59.1 Å². The normalized spacial score (nSPS) is 12.2. The Bertz CT molecular complexity index is 1340. The minimum Gasteiger partial charge on any atom is -0.282 e. The standard InChI is InChI=1S/C18H11Cl3O6S2/c19-13-6-4-10(8-16(13)28(22,23)24)12-2-1-3-15(21)18(12)11-5-7-14(20)17(9-11)29(25,26)27/h1-9H,(H,22,23,24)(H,25,26,27). The highest BCUT2D eigenvalue weighted by atomic mass is 35.5. The molecule has 0 aliphatic rings. The second-order valence-electron chi connectivity index (χ2n) is 5.90. The quantitative estimate of drug-likeness (QED) is 0.466. The molecule has 3 rings (SSSR count). The Kier molecular flexibility index (Phi) is 5.99. The van der Waals surface area contributed by atoms with E-state index < -0.39 is 30.0 Å². The van der Waals surface area contributed by atoms with Gasteiger partial charge in [0, 0.05) is 10.6 Å². The molecule has 0 amide bonds. The fourth-order valence-electron chi connectivity index (χ4n) is 2.78. The zero-order chi connectivity index (χ0) is 21.6. The summed E-state index contributed by atoms with van der Waals surface area (Å²) >= 11 is 18.1. The van der Waals surface area contributed by atoms with Crippen LogP contribution < -0.4 is 0 Å². The average Bonchev–Trinajstić information content (AvgIpc) is 2.61. The number of benzene rings is 3. The molecule has 0 radical (unpaired) electrons. The monoisotopic (exact) mass is 492 g/mol. The van der Waals surface area contributed by atoms with E-state index >= 15 is 0 Å². The third kappa shape index (κ3) is 4.59. The summed E-state index contributed by atoms with van der Waals surface area (Å²) in [7, 11) is -9.17. The van der Waals surface area contributed by atoms with Crippen molar-refractivity contribution < 1.29 is 25.9 Å². The molecule has 0 aliphatic heterocycles. The summed E-state index contributed by atoms with van der Waals surface area (Å²) in [6.45, 7) is 0. The van der Waals surface area contributed by atoms with Gasteiger partial charge in [-0.05, 0) is 47.0 Å². The maximum absolute atomic E-state index is 11.6. The van der Waals surface area contributed by atoms with Crippen LogP contribution in [0.15, 0.2) is 64.4 Å². The van der Waals surface area contributed by atoms with Gasteiger partial charge in [0.2, 0.25) is 0 Å². The summed E-state index contributed by atoms with van der Waals surface area (Å²) in [4.78, 5) is -0.991. The van der Waals surface area contributed by atoms with Crippen molar-refractivity contribution >= 4 is 55.0 Å². The average molecular weight is 494 g/mol. The molecule has 29 heavy (non-hydrogen) atoms. The van der Waals surface area contributed by atoms with E-state index in [9.17, 15) is 25.9 Å². The number of halogens is 3. The number of hydrogen-bond donors (Lipinski definition) is 2. The predicted molar refractivity (Wildman–Crippen MR) is 112 cm³/mol. The lowest BCUT2D eigenvalue weighted by Gasteiger charge is -2.14. The van der Waals surface area contributed by atoms with E-state index in [-0.39, 0.29) is 15.1 Å². The van der Waals surface area contributed by atoms with Gasteiger partial charge < -0.3 is 0 Å². The topological polar surface area (TPSA) is 109 Å². The van der Waals surface area contributed by atoms with E-state index in [1.807, 2.05) is 0 Å². The fourth-order valence-corrected chi connectivity index (χ4v) is 5.07. The summed E-state index contributed by atoms with van der Waals surface area (Å²) in [6, 6.07) is 12.7. The predicted octanol–water partition coefficient (Wildman–Crippen LogP) is 5.47. The van der Waals surface area contributed by atoms with Crippen LogP contribution in [0.4, 0.5) is 0 Å². The van der Waals surface area contributed by atoms with Crippen LogP contribution in [0, 0.1) is 0 Å². The minimum atomic E-state index is -4.59. The SMILES string of the molecule is O=S(=O)(O)c1cc(-c2cccc(Cl)c2-c2ccc(Cl)c(S(=O)(=O)O)c2)ccc1Cl. The first kappa shape index (κ1) is 22.0. The molecule has 0 atom stereocenters. The summed E-state index contributed by atoms with van der Waals surface area (Å²) in [5, 5.41) is -0.112. The van der Waals surface area contributed by atoms with Gasteiger partial charge in [-0.25, -0.2) is 0 Å². The van der Waals surface area contributed by atoms with Gasteiger partial charge in [0.1, 0.15) is 9.79 Å². The van der Waals surface area contributed by atoms with Gasteiger partial charge in [-0.3, -0.25) is 9.11 Å². The van der Waals surface area contributed by atoms with Gasteiger partial charge in [0.25, 0.3) is 20.2 Å². The molecule has 0 aromatic heterocycles. The number of hydrogen-bond acceptors (Lipinski definition) is 4. The highest BCUT2D eigenvalue weighted by Crippen LogP contribution is 2.40. The first-order valence-electron chi connectivity index (χ1n) is 7.73. The molecule has 2 N–H and O–H groups in total. The van der Waals surface area contributed by atoms with E-state index in [2.05, 4.69) is 0 Å². The Hall–Kier alpha value is -1.65. The van der Waals surface area contributed by atoms with E-state index in [1.165, 1.54) is 30.3 Å². The molecule has 152 valence electrons. The van der Waals surface area contributed by atoms with Crippen molar-refractivity contribution in [2.75, 3.05) is 0 Å². The third-order valence-corrected chi connectivity index (χ3v) is 7.02. The molecule has 6 nitrogen and oxygen atoms in total. The van der Waals surface area contributed by atoms with E-state index in [0.717, 1.165) is 6.07 Å². The van der Waals surface area contributed by atoms with Crippen LogP contribution in [-0.2, 0) is 20.2 Å². The summed E-state index contributed by atoms with van der Waals surface area (Å²) in [5.41, 5.74) is 1.45. The van der Waals surface area contributed by atoms with Crippen molar-refractivity contribution in [1.29, 1.82) is 0 Å². The van der Waals surface area contributed by atoms with Crippen molar-refractivity contribution in [3.63, 3.8) is 0 Å². The van der Waals surface area contributed by atoms with Crippen LogP contribution in [0.5, 0.6) is 0 Å². The summed E-state index contributed by atoms with van der Waals surface area (Å²) in [6.07, 6.45) is 0. The molecule has 0 saturated carbocycles. The van der Waals surface area contributed by atoms with E-state index in [4.69, 9.17) is 34.8 Å². The molecule has 3 aromatic carbocycles. The maximum atomic E-state index is 11.6. The van der Waals surface area contributed by atoms with Crippen LogP contribution in [0.3, 0.4) is 0 Å². The molecule has 11 heteroatoms. The van der Waals surface area contributed by atoms with E-state index in [1.54, 1.807) is 18.2 Å². The molecule has 0 heterocycles. The van der Waals surface area contributed by atoms with Crippen molar-refractivity contribution in [2.24, 2.45) is 0 Å². The van der Waals surface area contributed by atoms with Gasteiger partial charge in [-0.2, -0.15) is 16.8 Å². The summed E-state index contributed by atoms with van der Waals surface area (Å²) < 4.78 is 65.2. The Morgan fingerprint density at radius 1 is 0.621 bits per heavy atom. The molecule has 0 fully saturated rings. The molecule has 0 unspecified atom stereocenters. The Morgan fingerprint density at radius 3 is 1.62 bits per heavy atom. The zero-order valence-electron chi connectivity index (χ0n) is 14.2. The lowest BCUT2D eigenvalue weighted by molar-refractivity contribution is 0.481. The Balaban J connectivity index is 2.32. The van der Waals surface area contributed by atoms with Crippen LogP contribution in [0.1, 0.15) is 0 Å². The lowest BCUT2D eigenvalue weighted by atomic mass is 9.94. The smallest absolute Gasteiger partial charge is 0.282 e. The van der Waals surface area contributed by atoms with Gasteiger partial charge in [0.05, 0.1) is 10.0 Å². The zero-order valence-corrected chi connectivity index (χ0v) is 18.1. The van der Waals surface area contributed by atoms with Gasteiger partial charge >= 0.3 is 0 Å². The first-order valence-corrected chi connectivity index (χ1v) is 11.7. The first-order chi connectivity index (χ1) is 13.4. The Labute approximate surface area is 182 Å². The second kappa shape index (κ2) is 7.88. The van der Waals surface area contributed by atoms with Crippen molar-refractivity contribution in [3.8, 4) is 22.3 Å². The maximum Gasteiger partial charge on any atom is 0.296 e. The highest BCUT2D eigenvalue weighted by Gasteiger charge is 2.20. The minimum absolute atomic E-state index is 0.167. The lowest BCUT2D eigenvalue weighted by Crippen LogP contribution is -2.00. The summed E-state index contributed by atoms with van der Waals surface area (Å²) in [5.74, 6) is 0. The fraction of sp³-hybridized carbons (Fsp3) is 0. The molecule has 3 aromatic rings. The van der Waals surface area contributed by atoms with Crippen LogP contribution in [0.2, 0.25) is 15.1 Å². The number of rotatable bonds is 4. The van der Waals surface area contributed by atoms with Crippen molar-refractivity contribution in [1.82, 2.24) is 0 Å². The molecular formula is C18H11Cl3O6S2. The van der Waals surface area contributed by atoms with Crippen molar-refractivity contribution in [2.45, 2.75) is 9.79 Å². The second-order valence-corrected chi connectivity index (χ2v) is 9.90. The van der Waals surface area contributed by atoms with Gasteiger partial charge in [0.15, 0.2) is 0 Å². The van der Waals surface area contributed by atoms with Crippen molar-refractivity contribution in [3.05, 3.63) is 69.7 Å². The third-order valence-electron chi connectivity index (χ3n) is 4.03. The largest absolute Gasteiger partial charge is 0.296 e. The van der Waals surface area contributed by atoms with E-state index in [0.29, 0.717) is 22.3 Å².